The number of amides is 1. The van der Waals surface area contributed by atoms with Crippen LogP contribution in [0.15, 0.2) is 24.3 Å². The van der Waals surface area contributed by atoms with E-state index >= 15 is 0 Å². The molecule has 0 radical (unpaired) electrons. The van der Waals surface area contributed by atoms with E-state index < -0.39 is 26.7 Å². The van der Waals surface area contributed by atoms with E-state index in [-0.39, 0.29) is 17.8 Å². The van der Waals surface area contributed by atoms with E-state index in [2.05, 4.69) is 5.32 Å². The first-order valence-electron chi connectivity index (χ1n) is 7.61. The van der Waals surface area contributed by atoms with E-state index in [4.69, 9.17) is 27.9 Å². The van der Waals surface area contributed by atoms with Crippen LogP contribution in [0.3, 0.4) is 0 Å². The summed E-state index contributed by atoms with van der Waals surface area (Å²) >= 11 is 11.9. The van der Waals surface area contributed by atoms with E-state index in [9.17, 15) is 13.2 Å². The van der Waals surface area contributed by atoms with Crippen molar-refractivity contribution in [1.29, 1.82) is 0 Å². The number of hydrogen-bond acceptors (Lipinski definition) is 4. The zero-order chi connectivity index (χ0) is 18.5. The molecule has 1 aromatic carbocycles. The molecule has 0 saturated carbocycles. The van der Waals surface area contributed by atoms with Crippen LogP contribution >= 0.6 is 23.2 Å². The third kappa shape index (κ3) is 6.49. The van der Waals surface area contributed by atoms with Crippen molar-refractivity contribution >= 4 is 39.1 Å². The number of alkyl carbamates (subject to hydrolysis) is 1. The highest BCUT2D eigenvalue weighted by Gasteiger charge is 2.31. The molecule has 1 aromatic rings. The minimum absolute atomic E-state index is 0.103. The Morgan fingerprint density at radius 3 is 2.17 bits per heavy atom. The number of halogens is 2. The predicted molar refractivity (Wildman–Crippen MR) is 97.2 cm³/mol. The van der Waals surface area contributed by atoms with Gasteiger partial charge >= 0.3 is 6.09 Å². The van der Waals surface area contributed by atoms with Crippen LogP contribution in [0, 0.1) is 5.92 Å². The summed E-state index contributed by atoms with van der Waals surface area (Å²) in [5.74, 6) is -0.386. The molecule has 0 heterocycles. The minimum atomic E-state index is -3.69. The summed E-state index contributed by atoms with van der Waals surface area (Å²) in [7, 11) is -3.69. The fourth-order valence-electron chi connectivity index (χ4n) is 1.96. The fourth-order valence-corrected chi connectivity index (χ4v) is 4.16. The molecule has 0 aliphatic heterocycles. The molecule has 1 N–H and O–H groups in total. The molecule has 0 aliphatic rings. The lowest BCUT2D eigenvalue weighted by Crippen LogP contribution is -2.44. The lowest BCUT2D eigenvalue weighted by atomic mass is 10.1. The molecule has 0 spiro atoms. The van der Waals surface area contributed by atoms with Crippen LogP contribution in [0.2, 0.25) is 5.02 Å². The molecule has 5 nitrogen and oxygen atoms in total. The second-order valence-corrected chi connectivity index (χ2v) is 9.41. The van der Waals surface area contributed by atoms with Crippen molar-refractivity contribution < 1.29 is 17.9 Å². The van der Waals surface area contributed by atoms with Gasteiger partial charge in [0.05, 0.1) is 11.9 Å². The lowest BCUT2D eigenvalue weighted by Gasteiger charge is -2.24. The van der Waals surface area contributed by atoms with Crippen LogP contribution in [-0.2, 0) is 14.6 Å². The monoisotopic (exact) mass is 395 g/mol. The molecule has 1 rings (SSSR count). The number of nitrogens with one attached hydrogen (secondary N) is 1. The Bertz CT molecular complexity index is 645. The molecular weight excluding hydrogens is 373 g/mol. The number of sulfone groups is 1. The van der Waals surface area contributed by atoms with E-state index in [0.29, 0.717) is 10.6 Å². The number of rotatable bonds is 7. The van der Waals surface area contributed by atoms with Crippen molar-refractivity contribution in [2.24, 2.45) is 5.92 Å². The van der Waals surface area contributed by atoms with Crippen molar-refractivity contribution in [2.45, 2.75) is 44.5 Å². The molecule has 0 bridgehead atoms. The Morgan fingerprint density at radius 2 is 1.71 bits per heavy atom. The first-order valence-corrected chi connectivity index (χ1v) is 10.1. The van der Waals surface area contributed by atoms with Crippen LogP contribution in [0.5, 0.6) is 0 Å². The number of alkyl halides is 1. The molecule has 0 aromatic heterocycles. The second-order valence-electron chi connectivity index (χ2n) is 6.15. The van der Waals surface area contributed by atoms with E-state index in [1.54, 1.807) is 38.1 Å². The smallest absolute Gasteiger partial charge is 0.407 e. The first-order chi connectivity index (χ1) is 11.0. The largest absolute Gasteiger partial charge is 0.447 e. The van der Waals surface area contributed by atoms with E-state index in [1.807, 2.05) is 13.8 Å². The molecule has 136 valence electrons. The quantitative estimate of drug-likeness (QED) is 0.703. The summed E-state index contributed by atoms with van der Waals surface area (Å²) in [6.45, 7) is 7.08. The predicted octanol–water partition coefficient (Wildman–Crippen LogP) is 4.15. The zero-order valence-corrected chi connectivity index (χ0v) is 16.5. The average Bonchev–Trinajstić information content (AvgIpc) is 2.45. The Kier molecular flexibility index (Phi) is 7.83. The number of benzene rings is 1. The van der Waals surface area contributed by atoms with Gasteiger partial charge in [-0.2, -0.15) is 0 Å². The summed E-state index contributed by atoms with van der Waals surface area (Å²) in [5.41, 5.74) is 0.438. The normalized spacial score (nSPS) is 14.5. The third-order valence-corrected chi connectivity index (χ3v) is 6.35. The summed E-state index contributed by atoms with van der Waals surface area (Å²) in [4.78, 5) is 11.8. The van der Waals surface area contributed by atoms with E-state index in [1.165, 1.54) is 0 Å². The number of carbonyl (C=O) groups excluding carboxylic acids is 1. The van der Waals surface area contributed by atoms with Gasteiger partial charge in [-0.3, -0.25) is 0 Å². The van der Waals surface area contributed by atoms with Crippen molar-refractivity contribution in [3.8, 4) is 0 Å². The van der Waals surface area contributed by atoms with Crippen LogP contribution in [0.1, 0.15) is 38.0 Å². The topological polar surface area (TPSA) is 72.5 Å². The third-order valence-electron chi connectivity index (χ3n) is 3.31. The molecule has 0 fully saturated rings. The van der Waals surface area contributed by atoms with Gasteiger partial charge < -0.3 is 10.1 Å². The summed E-state index contributed by atoms with van der Waals surface area (Å²) < 4.78 is 29.0. The maximum atomic E-state index is 12.6. The summed E-state index contributed by atoms with van der Waals surface area (Å²) in [6, 6.07) is 5.71. The molecular formula is C16H23Cl2NO4S. The van der Waals surface area contributed by atoms with Crippen molar-refractivity contribution in [1.82, 2.24) is 5.32 Å². The maximum absolute atomic E-state index is 12.6. The highest BCUT2D eigenvalue weighted by Crippen LogP contribution is 2.29. The standard InChI is InChI=1S/C16H23Cl2NO4S/c1-10(2)14(19-16(20)23-11(3)4)9-24(21,22)15(18)12-5-7-13(17)8-6-12/h5-8,10-11,14-15H,9H2,1-4H3,(H,19,20). The van der Waals surface area contributed by atoms with Crippen LogP contribution in [0.4, 0.5) is 4.79 Å². The molecule has 2 unspecified atom stereocenters. The Balaban J connectivity index is 2.87. The number of ether oxygens (including phenoxy) is 1. The van der Waals surface area contributed by atoms with Crippen molar-refractivity contribution in [3.63, 3.8) is 0 Å². The zero-order valence-electron chi connectivity index (χ0n) is 14.1. The highest BCUT2D eigenvalue weighted by molar-refractivity contribution is 7.92. The molecule has 0 aliphatic carbocycles. The van der Waals surface area contributed by atoms with Gasteiger partial charge in [0.15, 0.2) is 14.5 Å². The second kappa shape index (κ2) is 8.92. The first kappa shape index (κ1) is 21.1. The molecule has 1 amide bonds. The van der Waals surface area contributed by atoms with Gasteiger partial charge in [0.1, 0.15) is 0 Å². The molecule has 0 saturated heterocycles. The average molecular weight is 396 g/mol. The van der Waals surface area contributed by atoms with Crippen LogP contribution in [-0.4, -0.2) is 32.4 Å². The maximum Gasteiger partial charge on any atom is 0.407 e. The van der Waals surface area contributed by atoms with Crippen LogP contribution < -0.4 is 5.32 Å². The minimum Gasteiger partial charge on any atom is -0.447 e. The molecule has 8 heteroatoms. The lowest BCUT2D eigenvalue weighted by molar-refractivity contribution is 0.111. The van der Waals surface area contributed by atoms with Gasteiger partial charge in [-0.25, -0.2) is 13.2 Å². The Labute approximate surface area is 153 Å². The highest BCUT2D eigenvalue weighted by atomic mass is 35.5. The summed E-state index contributed by atoms with van der Waals surface area (Å²) in [6.07, 6.45) is -0.930. The molecule has 24 heavy (non-hydrogen) atoms. The Morgan fingerprint density at radius 1 is 1.17 bits per heavy atom. The van der Waals surface area contributed by atoms with Gasteiger partial charge in [0.25, 0.3) is 0 Å². The van der Waals surface area contributed by atoms with E-state index in [0.717, 1.165) is 0 Å². The van der Waals surface area contributed by atoms with Gasteiger partial charge in [0, 0.05) is 11.1 Å². The number of hydrogen-bond donors (Lipinski definition) is 1. The van der Waals surface area contributed by atoms with Crippen molar-refractivity contribution in [3.05, 3.63) is 34.9 Å². The Hall–Kier alpha value is -0.980. The molecule has 2 atom stereocenters. The number of carbonyl (C=O) groups is 1. The SMILES string of the molecule is CC(C)OC(=O)NC(CS(=O)(=O)C(Cl)c1ccc(Cl)cc1)C(C)C. The van der Waals surface area contributed by atoms with Gasteiger partial charge in [0.2, 0.25) is 0 Å². The van der Waals surface area contributed by atoms with Gasteiger partial charge in [-0.1, -0.05) is 37.6 Å². The van der Waals surface area contributed by atoms with Crippen molar-refractivity contribution in [2.75, 3.05) is 5.75 Å². The van der Waals surface area contributed by atoms with Crippen LogP contribution in [0.25, 0.3) is 0 Å². The fraction of sp³-hybridized carbons (Fsp3) is 0.562. The van der Waals surface area contributed by atoms with Gasteiger partial charge in [-0.05, 0) is 37.5 Å². The summed E-state index contributed by atoms with van der Waals surface area (Å²) in [5, 5.41) is 3.10. The van der Waals surface area contributed by atoms with Gasteiger partial charge in [-0.15, -0.1) is 11.6 Å².